The van der Waals surface area contributed by atoms with Crippen LogP contribution < -0.4 is 21.0 Å². The molecule has 10 rings (SSSR count). The zero-order valence-electron chi connectivity index (χ0n) is 47.9. The van der Waals surface area contributed by atoms with Crippen molar-refractivity contribution in [1.82, 2.24) is 39.7 Å². The number of aromatic nitrogens is 6. The van der Waals surface area contributed by atoms with Gasteiger partial charge in [-0.1, -0.05) is 45.9 Å². The molecule has 0 spiro atoms. The zero-order chi connectivity index (χ0) is 59.6. The Hall–Kier alpha value is -8.02. The SMILES string of the molecule is CC(C)c1cnc2cc(-c3ncc(C(=O)N(C)C)cc3O)oc2c1Cl.COc1cc(C(=O)N(C)C)cnc1-c1cc2ncc(C(C)C)c(-c3ccc(NC4CCOCC4)c(C#N)n3)c2o1.[C-]#[N+]c1nc(B(O)O)ccc1NC1CCOCC1.[Mo]. The molecule has 436 valence electrons. The Balaban J connectivity index is 0.000000196. The molecule has 0 saturated carbocycles. The molecule has 84 heavy (non-hydrogen) atoms. The smallest absolute Gasteiger partial charge is 0.506 e. The molecule has 0 unspecified atom stereocenters. The van der Waals surface area contributed by atoms with Gasteiger partial charge in [0.2, 0.25) is 0 Å². The summed E-state index contributed by atoms with van der Waals surface area (Å²) in [5.74, 6) is 1.12. The number of carbonyl (C=O) groups excluding carboxylic acids is 2. The van der Waals surface area contributed by atoms with Crippen LogP contribution in [0.25, 0.3) is 61.2 Å². The number of aromatic hydroxyl groups is 1. The minimum Gasteiger partial charge on any atom is -0.506 e. The number of hydrogen-bond acceptors (Lipinski definition) is 19. The Morgan fingerprint density at radius 2 is 1.27 bits per heavy atom. The Kier molecular flexibility index (Phi) is 21.6. The van der Waals surface area contributed by atoms with Crippen LogP contribution >= 0.6 is 11.6 Å². The first-order chi connectivity index (χ1) is 39.8. The number of methoxy groups -OCH3 is 1. The van der Waals surface area contributed by atoms with Gasteiger partial charge in [-0.05, 0) is 85.0 Å². The van der Waals surface area contributed by atoms with E-state index >= 15 is 0 Å². The number of ether oxygens (including phenoxy) is 3. The molecule has 10 heterocycles. The van der Waals surface area contributed by atoms with E-state index in [0.717, 1.165) is 42.4 Å². The van der Waals surface area contributed by atoms with Gasteiger partial charge in [0.05, 0.1) is 45.9 Å². The summed E-state index contributed by atoms with van der Waals surface area (Å²) in [6, 6.07) is 16.2. The summed E-state index contributed by atoms with van der Waals surface area (Å²) >= 11 is 6.41. The van der Waals surface area contributed by atoms with E-state index < -0.39 is 7.12 Å². The molecule has 0 aromatic carbocycles. The van der Waals surface area contributed by atoms with Gasteiger partial charge in [-0.15, -0.1) is 4.98 Å². The first kappa shape index (κ1) is 63.6. The van der Waals surface area contributed by atoms with Crippen molar-refractivity contribution >= 4 is 75.5 Å². The zero-order valence-corrected chi connectivity index (χ0v) is 50.7. The van der Waals surface area contributed by atoms with Gasteiger partial charge in [-0.2, -0.15) is 5.26 Å². The summed E-state index contributed by atoms with van der Waals surface area (Å²) in [6.07, 6.45) is 10.0. The van der Waals surface area contributed by atoms with Gasteiger partial charge in [0, 0.05) is 125 Å². The van der Waals surface area contributed by atoms with Gasteiger partial charge < -0.3 is 63.5 Å². The van der Waals surface area contributed by atoms with Crippen molar-refractivity contribution in [3.8, 4) is 51.7 Å². The molecule has 0 aliphatic carbocycles. The van der Waals surface area contributed by atoms with Gasteiger partial charge in [-0.25, -0.2) is 15.0 Å². The molecule has 0 bridgehead atoms. The first-order valence-electron chi connectivity index (χ1n) is 26.8. The summed E-state index contributed by atoms with van der Waals surface area (Å²) < 4.78 is 28.5. The number of fused-ring (bicyclic) bond motifs is 2. The second kappa shape index (κ2) is 28.5. The first-order valence-corrected chi connectivity index (χ1v) is 27.2. The standard InChI is InChI=1S/C30H32N6O4.C18H18ClN3O3.C11H14BN3O3.Mo/c1-17(2)20-16-32-23-13-26(28-25(38-5)12-18(15-33-28)30(37)36(3)4)40-29(23)27(20)22-7-6-21(24(14-31)35-22)34-19-8-10-39-11-9-19;1-9(2)11-8-20-12-6-14(25-17(12)15(11)19)16-13(23)5-10(7-21-16)18(24)22(3)4;1-13-11-9(2-3-10(15-11)12(16)17)14-8-4-6-18-7-5-8;/h6-7,12-13,15-17,19,34H,8-11H2,1-5H3;5-9,23H,1-4H3;2-3,8,14,16-17H,4-7H2;. The number of halogens is 1. The Labute approximate surface area is 505 Å². The van der Waals surface area contributed by atoms with E-state index in [2.05, 4.69) is 60.3 Å². The van der Waals surface area contributed by atoms with Crippen LogP contribution in [0.2, 0.25) is 5.02 Å². The van der Waals surface area contributed by atoms with Crippen LogP contribution in [0.15, 0.2) is 82.2 Å². The number of pyridine rings is 6. The second-order valence-corrected chi connectivity index (χ2v) is 21.1. The van der Waals surface area contributed by atoms with E-state index in [9.17, 15) is 20.0 Å². The van der Waals surface area contributed by atoms with Crippen molar-refractivity contribution in [1.29, 1.82) is 5.26 Å². The largest absolute Gasteiger partial charge is 0.533 e. The Morgan fingerprint density at radius 1 is 0.750 bits per heavy atom. The van der Waals surface area contributed by atoms with Crippen LogP contribution in [0.1, 0.15) is 103 Å². The van der Waals surface area contributed by atoms with Crippen LogP contribution in [-0.4, -0.2) is 148 Å². The van der Waals surface area contributed by atoms with Crippen molar-refractivity contribution < 1.29 is 68.9 Å². The molecule has 22 nitrogen and oxygen atoms in total. The molecule has 5 N–H and O–H groups in total. The van der Waals surface area contributed by atoms with Crippen molar-refractivity contribution in [2.45, 2.75) is 77.3 Å². The third-order valence-electron chi connectivity index (χ3n) is 13.7. The van der Waals surface area contributed by atoms with Crippen LogP contribution in [0.4, 0.5) is 17.2 Å². The average molecular weight is 1240 g/mol. The maximum Gasteiger partial charge on any atom is 0.533 e. The van der Waals surface area contributed by atoms with Crippen LogP contribution in [0.5, 0.6) is 11.5 Å². The topological polar surface area (TPSA) is 285 Å². The van der Waals surface area contributed by atoms with Gasteiger partial charge in [0.15, 0.2) is 34.0 Å². The number of furan rings is 2. The van der Waals surface area contributed by atoms with Crippen LogP contribution in [-0.2, 0) is 30.5 Å². The number of nitrogens with zero attached hydrogens (tertiary/aromatic N) is 10. The molecule has 8 aromatic heterocycles. The van der Waals surface area contributed by atoms with Gasteiger partial charge in [-0.3, -0.25) is 19.6 Å². The molecule has 2 amide bonds. The fourth-order valence-electron chi connectivity index (χ4n) is 9.20. The quantitative estimate of drug-likeness (QED) is 0.0531. The predicted octanol–water partition coefficient (Wildman–Crippen LogP) is 9.22. The van der Waals surface area contributed by atoms with Crippen molar-refractivity contribution in [2.75, 3.05) is 72.4 Å². The second-order valence-electron chi connectivity index (χ2n) is 20.7. The van der Waals surface area contributed by atoms with Crippen LogP contribution in [0, 0.1) is 17.9 Å². The fraction of sp³-hybridized carbons (Fsp3) is 0.356. The van der Waals surface area contributed by atoms with E-state index in [-0.39, 0.29) is 79.7 Å². The number of hydrogen-bond donors (Lipinski definition) is 5. The summed E-state index contributed by atoms with van der Waals surface area (Å²) in [4.78, 5) is 57.0. The fourth-order valence-corrected chi connectivity index (χ4v) is 9.60. The third kappa shape index (κ3) is 14.7. The van der Waals surface area contributed by atoms with Gasteiger partial charge in [0.1, 0.15) is 40.0 Å². The molecule has 0 radical (unpaired) electrons. The minimum absolute atomic E-state index is 0. The van der Waals surface area contributed by atoms with Crippen molar-refractivity contribution in [3.63, 3.8) is 0 Å². The summed E-state index contributed by atoms with van der Waals surface area (Å²) in [6.45, 7) is 18.1. The monoisotopic (exact) mass is 1240 g/mol. The molecule has 2 aliphatic rings. The van der Waals surface area contributed by atoms with Crippen molar-refractivity contribution in [2.24, 2.45) is 0 Å². The number of anilines is 2. The molecule has 2 fully saturated rings. The number of nitrogens with one attached hydrogen (secondary N) is 2. The molecule has 0 atom stereocenters. The summed E-state index contributed by atoms with van der Waals surface area (Å²) in [5.41, 5.74) is 8.55. The molecule has 2 aliphatic heterocycles. The average Bonchev–Trinajstić information content (AvgIpc) is 2.45. The molecular weight excluding hydrogens is 1180 g/mol. The summed E-state index contributed by atoms with van der Waals surface area (Å²) in [7, 11) is 6.50. The van der Waals surface area contributed by atoms with E-state index in [1.807, 2.05) is 32.2 Å². The molecule has 25 heteroatoms. The molecule has 2 saturated heterocycles. The van der Waals surface area contributed by atoms with E-state index in [1.165, 1.54) is 41.4 Å². The molecular formula is C59H64BClMoN12O10. The predicted molar refractivity (Wildman–Crippen MR) is 315 cm³/mol. The third-order valence-corrected chi connectivity index (χ3v) is 14.1. The summed E-state index contributed by atoms with van der Waals surface area (Å²) in [5, 5.41) is 45.5. The number of nitriles is 1. The van der Waals surface area contributed by atoms with Gasteiger partial charge >= 0.3 is 7.12 Å². The minimum atomic E-state index is -1.65. The maximum absolute atomic E-state index is 12.4. The van der Waals surface area contributed by atoms with E-state index in [1.54, 1.807) is 58.7 Å². The van der Waals surface area contributed by atoms with E-state index in [4.69, 9.17) is 56.2 Å². The van der Waals surface area contributed by atoms with Crippen molar-refractivity contribution in [3.05, 3.63) is 118 Å². The van der Waals surface area contributed by atoms with Crippen LogP contribution in [0.3, 0.4) is 0 Å². The Bertz CT molecular complexity index is 3740. The number of carbonyl (C=O) groups is 2. The van der Waals surface area contributed by atoms with E-state index in [0.29, 0.717) is 111 Å². The number of amides is 2. The molecule has 8 aromatic rings. The maximum atomic E-state index is 12.4. The normalized spacial score (nSPS) is 13.4. The Morgan fingerprint density at radius 3 is 1.81 bits per heavy atom. The van der Waals surface area contributed by atoms with Gasteiger partial charge in [0.25, 0.3) is 17.6 Å². The number of rotatable bonds is 13.